The van der Waals surface area contributed by atoms with Crippen LogP contribution in [0.1, 0.15) is 31.9 Å². The predicted octanol–water partition coefficient (Wildman–Crippen LogP) is 2.69. The van der Waals surface area contributed by atoms with Crippen molar-refractivity contribution in [1.82, 2.24) is 0 Å². The van der Waals surface area contributed by atoms with Crippen molar-refractivity contribution in [1.29, 1.82) is 0 Å². The van der Waals surface area contributed by atoms with Crippen molar-refractivity contribution in [3.05, 3.63) is 29.6 Å². The van der Waals surface area contributed by atoms with Gasteiger partial charge in [-0.1, -0.05) is 19.1 Å². The van der Waals surface area contributed by atoms with Crippen molar-refractivity contribution in [2.45, 2.75) is 26.3 Å². The second-order valence-electron chi connectivity index (χ2n) is 3.89. The van der Waals surface area contributed by atoms with Gasteiger partial charge in [0.15, 0.2) is 0 Å². The van der Waals surface area contributed by atoms with E-state index < -0.39 is 0 Å². The molecule has 0 aliphatic rings. The molecule has 1 aromatic rings. The third kappa shape index (κ3) is 2.69. The van der Waals surface area contributed by atoms with Crippen molar-refractivity contribution in [3.8, 4) is 0 Å². The molecule has 1 aromatic carbocycles. The van der Waals surface area contributed by atoms with Gasteiger partial charge in [0.2, 0.25) is 0 Å². The quantitative estimate of drug-likeness (QED) is 0.828. The molecule has 3 heteroatoms. The van der Waals surface area contributed by atoms with Gasteiger partial charge >= 0.3 is 0 Å². The minimum absolute atomic E-state index is 0.144. The van der Waals surface area contributed by atoms with Crippen LogP contribution in [-0.4, -0.2) is 13.6 Å². The molecule has 2 nitrogen and oxygen atoms in total. The highest BCUT2D eigenvalue weighted by atomic mass is 19.1. The minimum atomic E-state index is -0.194. The van der Waals surface area contributed by atoms with E-state index in [0.29, 0.717) is 5.69 Å². The summed E-state index contributed by atoms with van der Waals surface area (Å²) in [7, 11) is 1.90. The van der Waals surface area contributed by atoms with Gasteiger partial charge in [-0.2, -0.15) is 0 Å². The van der Waals surface area contributed by atoms with Crippen LogP contribution in [0.3, 0.4) is 0 Å². The SMILES string of the molecule is CCCN(C)c1c(F)cccc1[C@@H](C)N. The third-order valence-corrected chi connectivity index (χ3v) is 2.45. The molecule has 0 radical (unpaired) electrons. The third-order valence-electron chi connectivity index (χ3n) is 2.45. The number of rotatable bonds is 4. The number of halogens is 1. The fourth-order valence-corrected chi connectivity index (χ4v) is 1.75. The Kier molecular flexibility index (Phi) is 4.09. The smallest absolute Gasteiger partial charge is 0.146 e. The number of anilines is 1. The summed E-state index contributed by atoms with van der Waals surface area (Å²) in [5.74, 6) is -0.194. The van der Waals surface area contributed by atoms with Gasteiger partial charge in [-0.05, 0) is 25.0 Å². The van der Waals surface area contributed by atoms with E-state index in [4.69, 9.17) is 5.73 Å². The summed E-state index contributed by atoms with van der Waals surface area (Å²) in [5.41, 5.74) is 7.32. The summed E-state index contributed by atoms with van der Waals surface area (Å²) in [6.07, 6.45) is 0.989. The molecule has 2 N–H and O–H groups in total. The van der Waals surface area contributed by atoms with Crippen LogP contribution in [0.15, 0.2) is 18.2 Å². The summed E-state index contributed by atoms with van der Waals surface area (Å²) >= 11 is 0. The van der Waals surface area contributed by atoms with Crippen molar-refractivity contribution >= 4 is 5.69 Å². The van der Waals surface area contributed by atoms with Crippen LogP contribution in [0.2, 0.25) is 0 Å². The first-order valence-electron chi connectivity index (χ1n) is 5.33. The van der Waals surface area contributed by atoms with Crippen molar-refractivity contribution < 1.29 is 4.39 Å². The zero-order valence-corrected chi connectivity index (χ0v) is 9.63. The molecule has 0 amide bonds. The fourth-order valence-electron chi connectivity index (χ4n) is 1.75. The topological polar surface area (TPSA) is 29.3 Å². The van der Waals surface area contributed by atoms with Gasteiger partial charge in [-0.25, -0.2) is 4.39 Å². The first kappa shape index (κ1) is 12.0. The Bertz CT molecular complexity index is 323. The average molecular weight is 210 g/mol. The highest BCUT2D eigenvalue weighted by Gasteiger charge is 2.14. The molecule has 84 valence electrons. The van der Waals surface area contributed by atoms with E-state index >= 15 is 0 Å². The van der Waals surface area contributed by atoms with Crippen LogP contribution in [0.5, 0.6) is 0 Å². The molecular weight excluding hydrogens is 191 g/mol. The van der Waals surface area contributed by atoms with E-state index in [1.54, 1.807) is 6.07 Å². The number of hydrogen-bond acceptors (Lipinski definition) is 2. The van der Waals surface area contributed by atoms with Gasteiger partial charge in [-0.15, -0.1) is 0 Å². The minimum Gasteiger partial charge on any atom is -0.372 e. The maximum atomic E-state index is 13.7. The number of nitrogens with two attached hydrogens (primary N) is 1. The molecular formula is C12H19FN2. The lowest BCUT2D eigenvalue weighted by Crippen LogP contribution is -2.22. The van der Waals surface area contributed by atoms with E-state index in [-0.39, 0.29) is 11.9 Å². The zero-order chi connectivity index (χ0) is 11.4. The van der Waals surface area contributed by atoms with Gasteiger partial charge < -0.3 is 10.6 Å². The number of hydrogen-bond donors (Lipinski definition) is 1. The standard InChI is InChI=1S/C12H19FN2/c1-4-8-15(3)12-10(9(2)14)6-5-7-11(12)13/h5-7,9H,4,8,14H2,1-3H3/t9-/m1/s1. The Balaban J connectivity index is 3.12. The van der Waals surface area contributed by atoms with Crippen LogP contribution in [0.25, 0.3) is 0 Å². The summed E-state index contributed by atoms with van der Waals surface area (Å²) in [6.45, 7) is 4.78. The number of benzene rings is 1. The molecule has 0 bridgehead atoms. The lowest BCUT2D eigenvalue weighted by Gasteiger charge is -2.23. The highest BCUT2D eigenvalue weighted by Crippen LogP contribution is 2.27. The lowest BCUT2D eigenvalue weighted by molar-refractivity contribution is 0.615. The Hall–Kier alpha value is -1.09. The maximum absolute atomic E-state index is 13.7. The van der Waals surface area contributed by atoms with E-state index in [9.17, 15) is 4.39 Å². The molecule has 0 saturated heterocycles. The van der Waals surface area contributed by atoms with Crippen LogP contribution in [0, 0.1) is 5.82 Å². The average Bonchev–Trinajstić information content (AvgIpc) is 2.17. The first-order valence-corrected chi connectivity index (χ1v) is 5.33. The van der Waals surface area contributed by atoms with E-state index in [1.165, 1.54) is 6.07 Å². The highest BCUT2D eigenvalue weighted by molar-refractivity contribution is 5.55. The molecule has 15 heavy (non-hydrogen) atoms. The zero-order valence-electron chi connectivity index (χ0n) is 9.63. The Labute approximate surface area is 90.9 Å². The van der Waals surface area contributed by atoms with Gasteiger partial charge in [0.25, 0.3) is 0 Å². The second kappa shape index (κ2) is 5.12. The molecule has 1 atom stereocenters. The Morgan fingerprint density at radius 3 is 2.67 bits per heavy atom. The second-order valence-corrected chi connectivity index (χ2v) is 3.89. The number of nitrogens with zero attached hydrogens (tertiary/aromatic N) is 1. The molecule has 0 heterocycles. The van der Waals surface area contributed by atoms with Gasteiger partial charge in [0.1, 0.15) is 5.82 Å². The van der Waals surface area contributed by atoms with Gasteiger partial charge in [0.05, 0.1) is 5.69 Å². The molecule has 0 unspecified atom stereocenters. The molecule has 0 aromatic heterocycles. The van der Waals surface area contributed by atoms with E-state index in [0.717, 1.165) is 18.5 Å². The molecule has 0 aliphatic heterocycles. The van der Waals surface area contributed by atoms with Crippen LogP contribution < -0.4 is 10.6 Å². The van der Waals surface area contributed by atoms with Gasteiger partial charge in [0, 0.05) is 19.6 Å². The molecule has 0 aliphatic carbocycles. The van der Waals surface area contributed by atoms with Crippen LogP contribution >= 0.6 is 0 Å². The summed E-state index contributed by atoms with van der Waals surface area (Å²) in [4.78, 5) is 1.92. The molecule has 0 fully saturated rings. The molecule has 0 spiro atoms. The monoisotopic (exact) mass is 210 g/mol. The largest absolute Gasteiger partial charge is 0.372 e. The van der Waals surface area contributed by atoms with Crippen molar-refractivity contribution in [3.63, 3.8) is 0 Å². The first-order chi connectivity index (χ1) is 7.07. The normalized spacial score (nSPS) is 12.6. The lowest BCUT2D eigenvalue weighted by atomic mass is 10.1. The summed E-state index contributed by atoms with van der Waals surface area (Å²) in [5, 5.41) is 0. The summed E-state index contributed by atoms with van der Waals surface area (Å²) in [6, 6.07) is 4.93. The maximum Gasteiger partial charge on any atom is 0.146 e. The predicted molar refractivity (Wildman–Crippen MR) is 62.6 cm³/mol. The Morgan fingerprint density at radius 2 is 2.13 bits per heavy atom. The van der Waals surface area contributed by atoms with E-state index in [1.807, 2.05) is 24.9 Å². The van der Waals surface area contributed by atoms with E-state index in [2.05, 4.69) is 6.92 Å². The van der Waals surface area contributed by atoms with Crippen LogP contribution in [-0.2, 0) is 0 Å². The van der Waals surface area contributed by atoms with Crippen LogP contribution in [0.4, 0.5) is 10.1 Å². The Morgan fingerprint density at radius 1 is 1.47 bits per heavy atom. The molecule has 0 saturated carbocycles. The van der Waals surface area contributed by atoms with Gasteiger partial charge in [-0.3, -0.25) is 0 Å². The summed E-state index contributed by atoms with van der Waals surface area (Å²) < 4.78 is 13.7. The van der Waals surface area contributed by atoms with Crippen molar-refractivity contribution in [2.75, 3.05) is 18.5 Å². The number of para-hydroxylation sites is 1. The van der Waals surface area contributed by atoms with Crippen molar-refractivity contribution in [2.24, 2.45) is 5.73 Å². The fraction of sp³-hybridized carbons (Fsp3) is 0.500. The molecule has 1 rings (SSSR count).